The molecule has 2 N–H and O–H groups in total. The fourth-order valence-corrected chi connectivity index (χ4v) is 2.28. The Balaban J connectivity index is 2.40. The van der Waals surface area contributed by atoms with Crippen LogP contribution in [0.5, 0.6) is 0 Å². The molecular formula is C11H17N5O3. The number of carbonyl (C=O) groups excluding carboxylic acids is 1. The van der Waals surface area contributed by atoms with Crippen molar-refractivity contribution >= 4 is 11.7 Å². The Bertz CT molecular complexity index is 618. The lowest BCUT2D eigenvalue weighted by Crippen LogP contribution is -2.47. The molecule has 104 valence electrons. The van der Waals surface area contributed by atoms with E-state index < -0.39 is 11.2 Å². The molecular weight excluding hydrogens is 250 g/mol. The molecule has 0 aliphatic carbocycles. The summed E-state index contributed by atoms with van der Waals surface area (Å²) < 4.78 is 2.13. The van der Waals surface area contributed by atoms with Crippen LogP contribution in [0.1, 0.15) is 12.8 Å². The molecule has 1 atom stereocenters. The molecule has 0 saturated carbocycles. The molecule has 2 rings (SSSR count). The van der Waals surface area contributed by atoms with E-state index in [-0.39, 0.29) is 17.6 Å². The summed E-state index contributed by atoms with van der Waals surface area (Å²) in [6, 6.07) is 0. The second-order valence-electron chi connectivity index (χ2n) is 4.78. The highest BCUT2D eigenvalue weighted by molar-refractivity contribution is 5.77. The van der Waals surface area contributed by atoms with Gasteiger partial charge in [0.1, 0.15) is 0 Å². The predicted octanol–water partition coefficient (Wildman–Crippen LogP) is -1.82. The molecule has 0 spiro atoms. The lowest BCUT2D eigenvalue weighted by Gasteiger charge is -2.31. The Morgan fingerprint density at radius 3 is 2.68 bits per heavy atom. The first-order valence-electron chi connectivity index (χ1n) is 6.10. The van der Waals surface area contributed by atoms with Gasteiger partial charge >= 0.3 is 5.69 Å². The van der Waals surface area contributed by atoms with Crippen LogP contribution < -0.4 is 21.9 Å². The largest absolute Gasteiger partial charge is 0.369 e. The van der Waals surface area contributed by atoms with Gasteiger partial charge in [-0.25, -0.2) is 9.48 Å². The van der Waals surface area contributed by atoms with Gasteiger partial charge < -0.3 is 10.6 Å². The number of carbonyl (C=O) groups is 1. The molecule has 1 saturated heterocycles. The number of primary amides is 1. The van der Waals surface area contributed by atoms with Crippen LogP contribution in [-0.2, 0) is 18.9 Å². The third-order valence-corrected chi connectivity index (χ3v) is 3.43. The minimum absolute atomic E-state index is 0.190. The minimum Gasteiger partial charge on any atom is -0.369 e. The van der Waals surface area contributed by atoms with E-state index >= 15 is 0 Å². The zero-order valence-electron chi connectivity index (χ0n) is 11.0. The van der Waals surface area contributed by atoms with E-state index in [1.54, 1.807) is 4.90 Å². The number of anilines is 1. The minimum atomic E-state index is -0.475. The van der Waals surface area contributed by atoms with E-state index in [2.05, 4.69) is 5.10 Å². The van der Waals surface area contributed by atoms with Crippen molar-refractivity contribution in [1.29, 1.82) is 0 Å². The summed E-state index contributed by atoms with van der Waals surface area (Å²) in [6.45, 7) is 1.00. The summed E-state index contributed by atoms with van der Waals surface area (Å²) in [7, 11) is 2.89. The number of nitrogens with two attached hydrogens (primary N) is 1. The van der Waals surface area contributed by atoms with E-state index in [0.29, 0.717) is 13.1 Å². The van der Waals surface area contributed by atoms with Gasteiger partial charge in [0.25, 0.3) is 5.56 Å². The standard InChI is InChI=1S/C11H17N5O3/c1-14-10(18)9(13-15(2)11(14)19)16-5-3-4-7(6-16)8(12)17/h7H,3-6H2,1-2H3,(H2,12,17)/t7-/m1/s1. The van der Waals surface area contributed by atoms with Crippen LogP contribution in [0.3, 0.4) is 0 Å². The molecule has 1 aliphatic heterocycles. The highest BCUT2D eigenvalue weighted by atomic mass is 16.2. The van der Waals surface area contributed by atoms with Crippen LogP contribution in [0.15, 0.2) is 9.59 Å². The first-order chi connectivity index (χ1) is 8.91. The number of amides is 1. The van der Waals surface area contributed by atoms with Crippen LogP contribution in [0.4, 0.5) is 5.82 Å². The third kappa shape index (κ3) is 2.38. The van der Waals surface area contributed by atoms with Gasteiger partial charge in [-0.15, -0.1) is 5.10 Å². The highest BCUT2D eigenvalue weighted by Gasteiger charge is 2.27. The molecule has 1 aromatic rings. The van der Waals surface area contributed by atoms with E-state index in [1.807, 2.05) is 0 Å². The fourth-order valence-electron chi connectivity index (χ4n) is 2.28. The molecule has 0 bridgehead atoms. The molecule has 1 amide bonds. The highest BCUT2D eigenvalue weighted by Crippen LogP contribution is 2.18. The first kappa shape index (κ1) is 13.3. The SMILES string of the molecule is Cn1nc(N2CCC[C@@H](C(N)=O)C2)c(=O)n(C)c1=O. The molecule has 8 nitrogen and oxygen atoms in total. The summed E-state index contributed by atoms with van der Waals surface area (Å²) >= 11 is 0. The van der Waals surface area contributed by atoms with Crippen LogP contribution in [0.25, 0.3) is 0 Å². The fraction of sp³-hybridized carbons (Fsp3) is 0.636. The van der Waals surface area contributed by atoms with Crippen LogP contribution in [0, 0.1) is 5.92 Å². The van der Waals surface area contributed by atoms with Crippen molar-refractivity contribution in [2.45, 2.75) is 12.8 Å². The maximum absolute atomic E-state index is 12.0. The molecule has 8 heteroatoms. The summed E-state index contributed by atoms with van der Waals surface area (Å²) in [4.78, 5) is 36.6. The Kier molecular flexibility index (Phi) is 3.41. The molecule has 0 aromatic carbocycles. The zero-order chi connectivity index (χ0) is 14.2. The quantitative estimate of drug-likeness (QED) is 0.679. The van der Waals surface area contributed by atoms with Crippen LogP contribution >= 0.6 is 0 Å². The Morgan fingerprint density at radius 1 is 1.37 bits per heavy atom. The molecule has 1 fully saturated rings. The normalized spacial score (nSPS) is 19.5. The van der Waals surface area contributed by atoms with E-state index in [1.165, 1.54) is 14.1 Å². The molecule has 0 unspecified atom stereocenters. The topological polar surface area (TPSA) is 103 Å². The smallest absolute Gasteiger partial charge is 0.346 e. The number of piperidine rings is 1. The molecule has 1 aromatic heterocycles. The van der Waals surface area contributed by atoms with Crippen molar-refractivity contribution in [1.82, 2.24) is 14.3 Å². The van der Waals surface area contributed by atoms with Gasteiger partial charge in [0, 0.05) is 27.2 Å². The summed E-state index contributed by atoms with van der Waals surface area (Å²) in [5.41, 5.74) is 4.38. The van der Waals surface area contributed by atoms with Crippen molar-refractivity contribution < 1.29 is 4.79 Å². The van der Waals surface area contributed by atoms with Crippen molar-refractivity contribution in [3.8, 4) is 0 Å². The lowest BCUT2D eigenvalue weighted by atomic mass is 9.98. The van der Waals surface area contributed by atoms with Gasteiger partial charge in [-0.1, -0.05) is 0 Å². The van der Waals surface area contributed by atoms with E-state index in [4.69, 9.17) is 5.73 Å². The van der Waals surface area contributed by atoms with Gasteiger partial charge in [0.15, 0.2) is 0 Å². The molecule has 19 heavy (non-hydrogen) atoms. The number of hydrogen-bond donors (Lipinski definition) is 1. The summed E-state index contributed by atoms with van der Waals surface area (Å²) in [5, 5.41) is 4.00. The number of aryl methyl sites for hydroxylation is 1. The number of rotatable bonds is 2. The second kappa shape index (κ2) is 4.87. The average Bonchev–Trinajstić information content (AvgIpc) is 2.40. The van der Waals surface area contributed by atoms with Crippen molar-refractivity contribution in [3.05, 3.63) is 20.8 Å². The van der Waals surface area contributed by atoms with Crippen molar-refractivity contribution in [2.24, 2.45) is 25.7 Å². The van der Waals surface area contributed by atoms with Gasteiger partial charge in [-0.2, -0.15) is 0 Å². The van der Waals surface area contributed by atoms with Crippen molar-refractivity contribution in [2.75, 3.05) is 18.0 Å². The maximum atomic E-state index is 12.0. The number of aromatic nitrogens is 3. The number of nitrogens with zero attached hydrogens (tertiary/aromatic N) is 4. The number of hydrogen-bond acceptors (Lipinski definition) is 5. The molecule has 0 radical (unpaired) electrons. The first-order valence-corrected chi connectivity index (χ1v) is 6.10. The van der Waals surface area contributed by atoms with Crippen molar-refractivity contribution in [3.63, 3.8) is 0 Å². The molecule has 2 heterocycles. The molecule has 1 aliphatic rings. The van der Waals surface area contributed by atoms with E-state index in [0.717, 1.165) is 22.1 Å². The van der Waals surface area contributed by atoms with Gasteiger partial charge in [0.2, 0.25) is 11.7 Å². The maximum Gasteiger partial charge on any atom is 0.346 e. The van der Waals surface area contributed by atoms with Gasteiger partial charge in [0.05, 0.1) is 5.92 Å². The van der Waals surface area contributed by atoms with Crippen LogP contribution in [-0.4, -0.2) is 33.3 Å². The lowest BCUT2D eigenvalue weighted by molar-refractivity contribution is -0.122. The monoisotopic (exact) mass is 267 g/mol. The third-order valence-electron chi connectivity index (χ3n) is 3.43. The Labute approximate surface area is 109 Å². The Morgan fingerprint density at radius 2 is 2.05 bits per heavy atom. The van der Waals surface area contributed by atoms with Gasteiger partial charge in [-0.3, -0.25) is 14.2 Å². The van der Waals surface area contributed by atoms with Crippen LogP contribution in [0.2, 0.25) is 0 Å². The Hall–Kier alpha value is -2.12. The summed E-state index contributed by atoms with van der Waals surface area (Å²) in [6.07, 6.45) is 1.49. The second-order valence-corrected chi connectivity index (χ2v) is 4.78. The zero-order valence-corrected chi connectivity index (χ0v) is 11.0. The average molecular weight is 267 g/mol. The van der Waals surface area contributed by atoms with E-state index in [9.17, 15) is 14.4 Å². The summed E-state index contributed by atoms with van der Waals surface area (Å²) in [5.74, 6) is -0.459. The predicted molar refractivity (Wildman–Crippen MR) is 68.9 cm³/mol. The van der Waals surface area contributed by atoms with Gasteiger partial charge in [-0.05, 0) is 12.8 Å².